The summed E-state index contributed by atoms with van der Waals surface area (Å²) in [6.07, 6.45) is 0.980. The fraction of sp³-hybridized carbons (Fsp3) is 0.455. The maximum atomic E-state index is 5.74. The lowest BCUT2D eigenvalue weighted by atomic mass is 9.99. The molecule has 0 fully saturated rings. The first-order valence-electron chi connectivity index (χ1n) is 4.42. The van der Waals surface area contributed by atoms with Gasteiger partial charge in [0, 0.05) is 6.04 Å². The molecule has 2 N–H and O–H groups in total. The van der Waals surface area contributed by atoms with Gasteiger partial charge in [-0.3, -0.25) is 0 Å². The van der Waals surface area contributed by atoms with Gasteiger partial charge in [0.15, 0.2) is 0 Å². The topological polar surface area (TPSA) is 26.0 Å². The van der Waals surface area contributed by atoms with Crippen molar-refractivity contribution in [3.05, 3.63) is 34.9 Å². The molecule has 0 bridgehead atoms. The van der Waals surface area contributed by atoms with Crippen molar-refractivity contribution in [1.82, 2.24) is 0 Å². The van der Waals surface area contributed by atoms with Gasteiger partial charge in [-0.15, -0.1) is 0 Å². The Hall–Kier alpha value is -0.820. The molecular formula is C11H17N. The molecule has 0 aliphatic carbocycles. The number of hydrogen-bond acceptors (Lipinski definition) is 1. The molecule has 0 aliphatic heterocycles. The Balaban J connectivity index is 2.92. The first-order chi connectivity index (χ1) is 5.61. The minimum atomic E-state index is 0.255. The highest BCUT2D eigenvalue weighted by molar-refractivity contribution is 5.33. The van der Waals surface area contributed by atoms with Gasteiger partial charge in [0.05, 0.1) is 0 Å². The lowest BCUT2D eigenvalue weighted by Crippen LogP contribution is -2.18. The van der Waals surface area contributed by atoms with Crippen LogP contribution in [0.4, 0.5) is 0 Å². The van der Waals surface area contributed by atoms with E-state index in [2.05, 4.69) is 32.0 Å². The van der Waals surface area contributed by atoms with Crippen molar-refractivity contribution in [2.24, 2.45) is 5.73 Å². The molecule has 0 aliphatic rings. The molecule has 1 rings (SSSR count). The average molecular weight is 163 g/mol. The SMILES string of the molecule is Cc1cccc(C[C@@H](C)N)c1C. The van der Waals surface area contributed by atoms with Crippen LogP contribution in [0.5, 0.6) is 0 Å². The quantitative estimate of drug-likeness (QED) is 0.710. The third-order valence-electron chi connectivity index (χ3n) is 2.26. The van der Waals surface area contributed by atoms with Gasteiger partial charge in [0.1, 0.15) is 0 Å². The summed E-state index contributed by atoms with van der Waals surface area (Å²) in [6.45, 7) is 6.34. The van der Waals surface area contributed by atoms with Crippen molar-refractivity contribution in [3.63, 3.8) is 0 Å². The largest absolute Gasteiger partial charge is 0.328 e. The van der Waals surface area contributed by atoms with Crippen molar-refractivity contribution in [3.8, 4) is 0 Å². The third kappa shape index (κ3) is 2.08. The Bertz CT molecular complexity index is 264. The molecule has 0 amide bonds. The minimum absolute atomic E-state index is 0.255. The summed E-state index contributed by atoms with van der Waals surface area (Å²) in [5, 5.41) is 0. The summed E-state index contributed by atoms with van der Waals surface area (Å²) < 4.78 is 0. The molecule has 1 nitrogen and oxygen atoms in total. The van der Waals surface area contributed by atoms with E-state index in [0.29, 0.717) is 0 Å². The average Bonchev–Trinajstić information content (AvgIpc) is 1.98. The van der Waals surface area contributed by atoms with E-state index in [1.807, 2.05) is 6.92 Å². The van der Waals surface area contributed by atoms with Crippen molar-refractivity contribution in [2.45, 2.75) is 33.2 Å². The summed E-state index contributed by atoms with van der Waals surface area (Å²) in [6, 6.07) is 6.65. The molecular weight excluding hydrogens is 146 g/mol. The highest BCUT2D eigenvalue weighted by atomic mass is 14.6. The molecule has 1 heteroatoms. The number of aryl methyl sites for hydroxylation is 1. The molecule has 0 radical (unpaired) electrons. The molecule has 0 saturated heterocycles. The Kier molecular flexibility index (Phi) is 2.88. The van der Waals surface area contributed by atoms with Gasteiger partial charge in [0.25, 0.3) is 0 Å². The van der Waals surface area contributed by atoms with Gasteiger partial charge in [0.2, 0.25) is 0 Å². The number of hydrogen-bond donors (Lipinski definition) is 1. The molecule has 0 unspecified atom stereocenters. The predicted octanol–water partition coefficient (Wildman–Crippen LogP) is 2.19. The lowest BCUT2D eigenvalue weighted by molar-refractivity contribution is 0.734. The Morgan fingerprint density at radius 3 is 2.58 bits per heavy atom. The summed E-state index contributed by atoms with van der Waals surface area (Å²) in [5.41, 5.74) is 9.86. The number of benzene rings is 1. The summed E-state index contributed by atoms with van der Waals surface area (Å²) in [4.78, 5) is 0. The Morgan fingerprint density at radius 1 is 1.33 bits per heavy atom. The van der Waals surface area contributed by atoms with E-state index in [0.717, 1.165) is 6.42 Å². The van der Waals surface area contributed by atoms with Crippen LogP contribution in [-0.4, -0.2) is 6.04 Å². The van der Waals surface area contributed by atoms with Gasteiger partial charge in [-0.05, 0) is 43.9 Å². The highest BCUT2D eigenvalue weighted by Crippen LogP contribution is 2.13. The molecule has 66 valence electrons. The van der Waals surface area contributed by atoms with Crippen LogP contribution in [0.1, 0.15) is 23.6 Å². The molecule has 1 aromatic carbocycles. The zero-order chi connectivity index (χ0) is 9.14. The van der Waals surface area contributed by atoms with Crippen LogP contribution in [0.2, 0.25) is 0 Å². The zero-order valence-electron chi connectivity index (χ0n) is 8.09. The molecule has 0 aromatic heterocycles. The van der Waals surface area contributed by atoms with Gasteiger partial charge in [-0.25, -0.2) is 0 Å². The van der Waals surface area contributed by atoms with Gasteiger partial charge in [-0.1, -0.05) is 18.2 Å². The van der Waals surface area contributed by atoms with Crippen LogP contribution in [0, 0.1) is 13.8 Å². The smallest absolute Gasteiger partial charge is 0.00510 e. The van der Waals surface area contributed by atoms with Gasteiger partial charge >= 0.3 is 0 Å². The van der Waals surface area contributed by atoms with E-state index in [4.69, 9.17) is 5.73 Å². The predicted molar refractivity (Wildman–Crippen MR) is 53.3 cm³/mol. The van der Waals surface area contributed by atoms with Gasteiger partial charge in [-0.2, -0.15) is 0 Å². The standard InChI is InChI=1S/C11H17N/c1-8-5-4-6-11(10(8)3)7-9(2)12/h4-6,9H,7,12H2,1-3H3/t9-/m1/s1. The van der Waals surface area contributed by atoms with Crippen molar-refractivity contribution < 1.29 is 0 Å². The van der Waals surface area contributed by atoms with Crippen molar-refractivity contribution in [2.75, 3.05) is 0 Å². The second kappa shape index (κ2) is 3.72. The first kappa shape index (κ1) is 9.27. The van der Waals surface area contributed by atoms with Crippen LogP contribution in [0.25, 0.3) is 0 Å². The molecule has 12 heavy (non-hydrogen) atoms. The first-order valence-corrected chi connectivity index (χ1v) is 4.42. The van der Waals surface area contributed by atoms with Crippen LogP contribution in [0.3, 0.4) is 0 Å². The van der Waals surface area contributed by atoms with Gasteiger partial charge < -0.3 is 5.73 Å². The summed E-state index contributed by atoms with van der Waals surface area (Å²) in [7, 11) is 0. The second-order valence-electron chi connectivity index (χ2n) is 3.54. The van der Waals surface area contributed by atoms with Crippen LogP contribution < -0.4 is 5.73 Å². The third-order valence-corrected chi connectivity index (χ3v) is 2.26. The maximum absolute atomic E-state index is 5.74. The minimum Gasteiger partial charge on any atom is -0.328 e. The van der Waals surface area contributed by atoms with E-state index in [1.165, 1.54) is 16.7 Å². The van der Waals surface area contributed by atoms with E-state index in [9.17, 15) is 0 Å². The number of nitrogens with two attached hydrogens (primary N) is 1. The van der Waals surface area contributed by atoms with Crippen LogP contribution in [-0.2, 0) is 6.42 Å². The van der Waals surface area contributed by atoms with Crippen molar-refractivity contribution in [1.29, 1.82) is 0 Å². The molecule has 1 atom stereocenters. The number of rotatable bonds is 2. The van der Waals surface area contributed by atoms with Crippen molar-refractivity contribution >= 4 is 0 Å². The lowest BCUT2D eigenvalue weighted by Gasteiger charge is -2.10. The van der Waals surface area contributed by atoms with Crippen LogP contribution >= 0.6 is 0 Å². The van der Waals surface area contributed by atoms with E-state index >= 15 is 0 Å². The monoisotopic (exact) mass is 163 g/mol. The zero-order valence-corrected chi connectivity index (χ0v) is 8.09. The molecule has 1 aromatic rings. The molecule has 0 saturated carbocycles. The molecule has 0 spiro atoms. The van der Waals surface area contributed by atoms with E-state index in [1.54, 1.807) is 0 Å². The second-order valence-corrected chi connectivity index (χ2v) is 3.54. The molecule has 0 heterocycles. The van der Waals surface area contributed by atoms with Crippen LogP contribution in [0.15, 0.2) is 18.2 Å². The highest BCUT2D eigenvalue weighted by Gasteiger charge is 2.02. The fourth-order valence-corrected chi connectivity index (χ4v) is 1.38. The van der Waals surface area contributed by atoms with E-state index in [-0.39, 0.29) is 6.04 Å². The normalized spacial score (nSPS) is 13.0. The summed E-state index contributed by atoms with van der Waals surface area (Å²) >= 11 is 0. The fourth-order valence-electron chi connectivity index (χ4n) is 1.38. The maximum Gasteiger partial charge on any atom is 0.00510 e. The summed E-state index contributed by atoms with van der Waals surface area (Å²) in [5.74, 6) is 0. The Morgan fingerprint density at radius 2 is 2.00 bits per heavy atom. The Labute approximate surface area is 74.6 Å². The van der Waals surface area contributed by atoms with E-state index < -0.39 is 0 Å².